The summed E-state index contributed by atoms with van der Waals surface area (Å²) in [6.07, 6.45) is 0. The normalized spacial score (nSPS) is 18.8. The number of sulfonamides is 1. The van der Waals surface area contributed by atoms with E-state index >= 15 is 0 Å². The molecule has 0 bridgehead atoms. The van der Waals surface area contributed by atoms with Gasteiger partial charge in [-0.1, -0.05) is 0 Å². The lowest BCUT2D eigenvalue weighted by atomic mass is 10.3. The Kier molecular flexibility index (Phi) is 3.86. The number of hydrogen-bond acceptors (Lipinski definition) is 5. The molecule has 18 heavy (non-hydrogen) atoms. The van der Waals surface area contributed by atoms with Crippen LogP contribution in [0.5, 0.6) is 5.75 Å². The molecule has 1 aliphatic rings. The van der Waals surface area contributed by atoms with E-state index in [0.717, 1.165) is 0 Å². The van der Waals surface area contributed by atoms with E-state index in [1.54, 1.807) is 36.4 Å². The van der Waals surface area contributed by atoms with Crippen molar-refractivity contribution in [1.29, 1.82) is 0 Å². The van der Waals surface area contributed by atoms with E-state index in [9.17, 15) is 8.42 Å². The first-order valence-corrected chi connectivity index (χ1v) is 7.12. The third kappa shape index (κ3) is 2.64. The van der Waals surface area contributed by atoms with Gasteiger partial charge in [-0.15, -0.1) is 0 Å². The van der Waals surface area contributed by atoms with E-state index in [0.29, 0.717) is 31.9 Å². The highest BCUT2D eigenvalue weighted by Gasteiger charge is 2.27. The molecule has 0 aromatic heterocycles. The van der Waals surface area contributed by atoms with Crippen molar-refractivity contribution < 1.29 is 13.2 Å². The van der Waals surface area contributed by atoms with Crippen molar-refractivity contribution in [3.05, 3.63) is 24.3 Å². The lowest BCUT2D eigenvalue weighted by Crippen LogP contribution is -2.51. The van der Waals surface area contributed by atoms with Crippen LogP contribution >= 0.6 is 0 Å². The van der Waals surface area contributed by atoms with E-state index < -0.39 is 10.0 Å². The summed E-state index contributed by atoms with van der Waals surface area (Å²) in [7, 11) is -1.87. The maximum absolute atomic E-state index is 12.3. The summed E-state index contributed by atoms with van der Waals surface area (Å²) in [4.78, 5) is 0.286. The van der Waals surface area contributed by atoms with Crippen LogP contribution in [0.4, 0.5) is 0 Å². The Balaban J connectivity index is 2.19. The largest absolute Gasteiger partial charge is 0.497 e. The molecule has 0 radical (unpaired) electrons. The molecule has 1 heterocycles. The molecular weight excluding hydrogens is 254 g/mol. The summed E-state index contributed by atoms with van der Waals surface area (Å²) < 4.78 is 31.1. The van der Waals surface area contributed by atoms with Crippen LogP contribution in [0.25, 0.3) is 0 Å². The van der Waals surface area contributed by atoms with Crippen LogP contribution in [0.3, 0.4) is 0 Å². The van der Waals surface area contributed by atoms with Crippen molar-refractivity contribution in [3.63, 3.8) is 0 Å². The van der Waals surface area contributed by atoms with Gasteiger partial charge in [-0.2, -0.15) is 4.31 Å². The maximum Gasteiger partial charge on any atom is 0.243 e. The molecule has 1 aliphatic heterocycles. The van der Waals surface area contributed by atoms with Gasteiger partial charge in [0.25, 0.3) is 0 Å². The molecule has 2 rings (SSSR count). The number of hydrogen-bond donors (Lipinski definition) is 1. The van der Waals surface area contributed by atoms with Crippen LogP contribution in [0.2, 0.25) is 0 Å². The molecule has 0 atom stereocenters. The van der Waals surface area contributed by atoms with E-state index in [1.807, 2.05) is 0 Å². The summed E-state index contributed by atoms with van der Waals surface area (Å²) in [5.41, 5.74) is 0. The standard InChI is InChI=1S/C11H17N3O3S/c1-17-10-2-4-11(5-3-10)18(15,16)14-8-6-13(12)7-9-14/h2-5H,6-9,12H2,1H3. The average molecular weight is 271 g/mol. The first kappa shape index (κ1) is 13.3. The fourth-order valence-electron chi connectivity index (χ4n) is 1.84. The van der Waals surface area contributed by atoms with Gasteiger partial charge in [0.05, 0.1) is 12.0 Å². The Morgan fingerprint density at radius 3 is 2.17 bits per heavy atom. The molecule has 1 saturated heterocycles. The molecule has 0 unspecified atom stereocenters. The third-order valence-corrected chi connectivity index (χ3v) is 4.88. The Labute approximate surface area is 107 Å². The van der Waals surface area contributed by atoms with Crippen LogP contribution in [0, 0.1) is 0 Å². The van der Waals surface area contributed by atoms with Crippen molar-refractivity contribution >= 4 is 10.0 Å². The van der Waals surface area contributed by atoms with Gasteiger partial charge in [-0.25, -0.2) is 13.4 Å². The zero-order valence-corrected chi connectivity index (χ0v) is 11.1. The van der Waals surface area contributed by atoms with Gasteiger partial charge in [-0.3, -0.25) is 5.84 Å². The number of nitrogens with two attached hydrogens (primary N) is 1. The molecule has 1 aromatic rings. The summed E-state index contributed by atoms with van der Waals surface area (Å²) in [6.45, 7) is 1.94. The molecule has 6 nitrogen and oxygen atoms in total. The minimum Gasteiger partial charge on any atom is -0.497 e. The average Bonchev–Trinajstić information content (AvgIpc) is 2.39. The van der Waals surface area contributed by atoms with Crippen molar-refractivity contribution in [2.45, 2.75) is 4.90 Å². The lowest BCUT2D eigenvalue weighted by molar-refractivity contribution is 0.192. The molecule has 0 saturated carbocycles. The summed E-state index contributed by atoms with van der Waals surface area (Å²) in [5.74, 6) is 6.25. The zero-order chi connectivity index (χ0) is 13.2. The first-order valence-electron chi connectivity index (χ1n) is 5.68. The highest BCUT2D eigenvalue weighted by atomic mass is 32.2. The number of benzene rings is 1. The summed E-state index contributed by atoms with van der Waals surface area (Å²) in [6, 6.07) is 6.41. The fourth-order valence-corrected chi connectivity index (χ4v) is 3.26. The van der Waals surface area contributed by atoms with Gasteiger partial charge in [-0.05, 0) is 24.3 Å². The molecular formula is C11H17N3O3S. The molecule has 0 spiro atoms. The lowest BCUT2D eigenvalue weighted by Gasteiger charge is -2.31. The second-order valence-electron chi connectivity index (χ2n) is 4.12. The topological polar surface area (TPSA) is 75.9 Å². The quantitative estimate of drug-likeness (QED) is 0.775. The van der Waals surface area contributed by atoms with Crippen molar-refractivity contribution in [3.8, 4) is 5.75 Å². The van der Waals surface area contributed by atoms with E-state index in [-0.39, 0.29) is 4.90 Å². The Bertz CT molecular complexity index is 493. The number of nitrogens with zero attached hydrogens (tertiary/aromatic N) is 2. The zero-order valence-electron chi connectivity index (χ0n) is 10.2. The Morgan fingerprint density at radius 2 is 1.67 bits per heavy atom. The predicted octanol–water partition coefficient (Wildman–Crippen LogP) is -0.125. The predicted molar refractivity (Wildman–Crippen MR) is 67.5 cm³/mol. The number of ether oxygens (including phenoxy) is 1. The highest BCUT2D eigenvalue weighted by molar-refractivity contribution is 7.89. The van der Waals surface area contributed by atoms with Gasteiger partial charge in [0.2, 0.25) is 10.0 Å². The van der Waals surface area contributed by atoms with E-state index in [1.165, 1.54) is 4.31 Å². The molecule has 100 valence electrons. The van der Waals surface area contributed by atoms with Crippen molar-refractivity contribution in [1.82, 2.24) is 9.31 Å². The molecule has 1 aromatic carbocycles. The minimum absolute atomic E-state index is 0.286. The summed E-state index contributed by atoms with van der Waals surface area (Å²) >= 11 is 0. The second-order valence-corrected chi connectivity index (χ2v) is 6.05. The van der Waals surface area contributed by atoms with Gasteiger partial charge in [0.1, 0.15) is 5.75 Å². The number of piperazine rings is 1. The van der Waals surface area contributed by atoms with Crippen molar-refractivity contribution in [2.75, 3.05) is 33.3 Å². The van der Waals surface area contributed by atoms with Crippen LogP contribution < -0.4 is 10.6 Å². The van der Waals surface area contributed by atoms with Crippen LogP contribution in [-0.4, -0.2) is 51.0 Å². The van der Waals surface area contributed by atoms with Gasteiger partial charge < -0.3 is 4.74 Å². The second kappa shape index (κ2) is 5.23. The number of hydrazine groups is 1. The maximum atomic E-state index is 12.3. The molecule has 2 N–H and O–H groups in total. The monoisotopic (exact) mass is 271 g/mol. The third-order valence-electron chi connectivity index (χ3n) is 2.97. The van der Waals surface area contributed by atoms with Gasteiger partial charge in [0.15, 0.2) is 0 Å². The molecule has 0 amide bonds. The Morgan fingerprint density at radius 1 is 1.11 bits per heavy atom. The minimum atomic E-state index is -3.41. The number of methoxy groups -OCH3 is 1. The van der Waals surface area contributed by atoms with Gasteiger partial charge >= 0.3 is 0 Å². The fraction of sp³-hybridized carbons (Fsp3) is 0.455. The Hall–Kier alpha value is -1.15. The molecule has 0 aliphatic carbocycles. The SMILES string of the molecule is COc1ccc(S(=O)(=O)N2CCN(N)CC2)cc1. The number of rotatable bonds is 3. The highest BCUT2D eigenvalue weighted by Crippen LogP contribution is 2.20. The van der Waals surface area contributed by atoms with Gasteiger partial charge in [0, 0.05) is 26.2 Å². The first-order chi connectivity index (χ1) is 8.54. The molecule has 1 fully saturated rings. The van der Waals surface area contributed by atoms with Crippen molar-refractivity contribution in [2.24, 2.45) is 5.84 Å². The smallest absolute Gasteiger partial charge is 0.243 e. The summed E-state index contributed by atoms with van der Waals surface area (Å²) in [5, 5.41) is 1.63. The van der Waals surface area contributed by atoms with E-state index in [4.69, 9.17) is 10.6 Å². The molecule has 7 heteroatoms. The van der Waals surface area contributed by atoms with Crippen LogP contribution in [0.15, 0.2) is 29.2 Å². The van der Waals surface area contributed by atoms with Crippen LogP contribution in [-0.2, 0) is 10.0 Å². The van der Waals surface area contributed by atoms with E-state index in [2.05, 4.69) is 0 Å². The van der Waals surface area contributed by atoms with Crippen LogP contribution in [0.1, 0.15) is 0 Å².